The molecule has 0 bridgehead atoms. The van der Waals surface area contributed by atoms with Gasteiger partial charge in [-0.05, 0) is 23.9 Å². The lowest BCUT2D eigenvalue weighted by Gasteiger charge is -2.27. The van der Waals surface area contributed by atoms with Crippen molar-refractivity contribution < 1.29 is 10.2 Å². The van der Waals surface area contributed by atoms with E-state index in [0.29, 0.717) is 12.8 Å². The van der Waals surface area contributed by atoms with Crippen molar-refractivity contribution in [2.24, 2.45) is 10.2 Å². The number of hydrogen-bond acceptors (Lipinski definition) is 4. The van der Waals surface area contributed by atoms with E-state index in [2.05, 4.69) is 20.1 Å². The Morgan fingerprint density at radius 1 is 1.21 bits per heavy atom. The predicted molar refractivity (Wildman–Crippen MR) is 46.3 cm³/mol. The van der Waals surface area contributed by atoms with E-state index in [-0.39, 0.29) is 17.8 Å². The minimum Gasteiger partial charge on any atom is -0.362 e. The first-order valence-corrected chi connectivity index (χ1v) is 3.90. The quantitative estimate of drug-likeness (QED) is 0.300. The van der Waals surface area contributed by atoms with Crippen LogP contribution < -0.4 is 0 Å². The largest absolute Gasteiger partial charge is 0.362 e. The van der Waals surface area contributed by atoms with Crippen LogP contribution in [0.4, 0.5) is 0 Å². The molecule has 0 saturated heterocycles. The zero-order valence-corrected chi connectivity index (χ0v) is 7.20. The molecule has 14 heavy (non-hydrogen) atoms. The highest BCUT2D eigenvalue weighted by Gasteiger charge is 2.33. The van der Waals surface area contributed by atoms with Crippen LogP contribution in [0.3, 0.4) is 0 Å². The highest BCUT2D eigenvalue weighted by atomic mass is 16.5. The number of nitrogens with zero attached hydrogens (tertiary/aromatic N) is 6. The van der Waals surface area contributed by atoms with E-state index in [1.165, 1.54) is 0 Å². The van der Waals surface area contributed by atoms with Gasteiger partial charge >= 0.3 is 0 Å². The Balaban J connectivity index is 3.25. The third-order valence-corrected chi connectivity index (χ3v) is 1.90. The Kier molecular flexibility index (Phi) is 2.95. The molecule has 8 nitrogen and oxygen atoms in total. The molecular weight excluding hydrogens is 188 g/mol. The Labute approximate surface area is 78.7 Å². The highest BCUT2D eigenvalue weighted by molar-refractivity contribution is 5.22. The molecule has 0 atom stereocenters. The van der Waals surface area contributed by atoms with E-state index >= 15 is 0 Å². The molecule has 1 aliphatic carbocycles. The minimum atomic E-state index is -2.19. The van der Waals surface area contributed by atoms with Crippen LogP contribution in [0.5, 0.6) is 0 Å². The number of azide groups is 2. The molecule has 0 saturated carbocycles. The predicted octanol–water partition coefficient (Wildman–Crippen LogP) is 1.68. The standard InChI is InChI=1S/C6H8N6O2/c7-11-9-4-2-1-3-6(13,14)5(4)10-12-8/h13-14H,1-3H2. The van der Waals surface area contributed by atoms with Crippen LogP contribution in [-0.2, 0) is 0 Å². The van der Waals surface area contributed by atoms with Gasteiger partial charge in [0.1, 0.15) is 0 Å². The van der Waals surface area contributed by atoms with Gasteiger partial charge in [-0.3, -0.25) is 0 Å². The molecule has 0 spiro atoms. The van der Waals surface area contributed by atoms with Crippen LogP contribution in [0, 0.1) is 0 Å². The summed E-state index contributed by atoms with van der Waals surface area (Å²) in [5.74, 6) is -2.19. The molecule has 0 amide bonds. The minimum absolute atomic E-state index is 0.0613. The average molecular weight is 196 g/mol. The molecule has 0 radical (unpaired) electrons. The molecule has 2 N–H and O–H groups in total. The van der Waals surface area contributed by atoms with Gasteiger partial charge in [0.05, 0.1) is 5.70 Å². The maximum atomic E-state index is 9.41. The molecular formula is C6H8N6O2. The summed E-state index contributed by atoms with van der Waals surface area (Å²) in [5.41, 5.74) is 16.2. The fourth-order valence-electron chi connectivity index (χ4n) is 1.30. The van der Waals surface area contributed by atoms with Crippen LogP contribution >= 0.6 is 0 Å². The van der Waals surface area contributed by atoms with Gasteiger partial charge in [0.25, 0.3) is 0 Å². The summed E-state index contributed by atoms with van der Waals surface area (Å²) >= 11 is 0. The summed E-state index contributed by atoms with van der Waals surface area (Å²) in [6.45, 7) is 0. The summed E-state index contributed by atoms with van der Waals surface area (Å²) in [5, 5.41) is 25.2. The zero-order chi connectivity index (χ0) is 10.6. The fourth-order valence-corrected chi connectivity index (χ4v) is 1.30. The van der Waals surface area contributed by atoms with E-state index in [1.54, 1.807) is 0 Å². The van der Waals surface area contributed by atoms with Crippen molar-refractivity contribution >= 4 is 0 Å². The van der Waals surface area contributed by atoms with Gasteiger partial charge in [-0.1, -0.05) is 10.2 Å². The molecule has 0 unspecified atom stereocenters. The molecule has 0 aromatic rings. The topological polar surface area (TPSA) is 138 Å². The highest BCUT2D eigenvalue weighted by Crippen LogP contribution is 2.33. The van der Waals surface area contributed by atoms with Crippen molar-refractivity contribution in [1.82, 2.24) is 0 Å². The van der Waals surface area contributed by atoms with Crippen molar-refractivity contribution in [2.75, 3.05) is 0 Å². The third kappa shape index (κ3) is 1.95. The number of rotatable bonds is 2. The second-order valence-electron chi connectivity index (χ2n) is 2.84. The van der Waals surface area contributed by atoms with Crippen LogP contribution in [0.2, 0.25) is 0 Å². The Morgan fingerprint density at radius 3 is 2.43 bits per heavy atom. The van der Waals surface area contributed by atoms with Crippen molar-refractivity contribution in [3.05, 3.63) is 32.3 Å². The monoisotopic (exact) mass is 196 g/mol. The van der Waals surface area contributed by atoms with Gasteiger partial charge in [-0.25, -0.2) is 0 Å². The first-order valence-electron chi connectivity index (χ1n) is 3.90. The van der Waals surface area contributed by atoms with Crippen molar-refractivity contribution in [2.45, 2.75) is 25.0 Å². The molecule has 0 aliphatic heterocycles. The number of allylic oxidation sites excluding steroid dienone is 1. The Morgan fingerprint density at radius 2 is 1.86 bits per heavy atom. The van der Waals surface area contributed by atoms with Gasteiger partial charge in [0.2, 0.25) is 0 Å². The third-order valence-electron chi connectivity index (χ3n) is 1.90. The number of hydrogen-bond donors (Lipinski definition) is 2. The van der Waals surface area contributed by atoms with E-state index < -0.39 is 5.79 Å². The summed E-state index contributed by atoms with van der Waals surface area (Å²) in [7, 11) is 0. The van der Waals surface area contributed by atoms with Crippen LogP contribution in [0.25, 0.3) is 20.9 Å². The van der Waals surface area contributed by atoms with E-state index in [0.717, 1.165) is 0 Å². The lowest BCUT2D eigenvalue weighted by atomic mass is 9.96. The first-order chi connectivity index (χ1) is 6.61. The summed E-state index contributed by atoms with van der Waals surface area (Å²) in [4.78, 5) is 4.97. The van der Waals surface area contributed by atoms with Gasteiger partial charge in [0, 0.05) is 21.9 Å². The molecule has 0 fully saturated rings. The molecule has 1 aliphatic rings. The van der Waals surface area contributed by atoms with Crippen molar-refractivity contribution in [1.29, 1.82) is 0 Å². The van der Waals surface area contributed by atoms with Gasteiger partial charge in [-0.15, -0.1) is 0 Å². The first kappa shape index (κ1) is 10.4. The van der Waals surface area contributed by atoms with Crippen LogP contribution in [-0.4, -0.2) is 16.0 Å². The lowest BCUT2D eigenvalue weighted by molar-refractivity contribution is -0.139. The summed E-state index contributed by atoms with van der Waals surface area (Å²) in [6.07, 6.45) is 0.902. The van der Waals surface area contributed by atoms with Gasteiger partial charge in [0.15, 0.2) is 5.79 Å². The lowest BCUT2D eigenvalue weighted by Crippen LogP contribution is -2.33. The SMILES string of the molecule is [N-]=[N+]=NC1=C(N=[N+]=[N-])C(O)(O)CCC1. The van der Waals surface area contributed by atoms with E-state index in [9.17, 15) is 10.2 Å². The molecule has 0 aromatic carbocycles. The number of aliphatic hydroxyl groups is 2. The zero-order valence-electron chi connectivity index (χ0n) is 7.20. The molecule has 74 valence electrons. The maximum absolute atomic E-state index is 9.41. The average Bonchev–Trinajstić information content (AvgIpc) is 2.11. The summed E-state index contributed by atoms with van der Waals surface area (Å²) in [6, 6.07) is 0. The molecule has 0 heterocycles. The Bertz CT molecular complexity index is 361. The molecule has 0 aromatic heterocycles. The molecule has 8 heteroatoms. The normalized spacial score (nSPS) is 19.6. The Hall–Kier alpha value is -1.72. The van der Waals surface area contributed by atoms with Gasteiger partial charge in [-0.2, -0.15) is 0 Å². The van der Waals surface area contributed by atoms with Crippen LogP contribution in [0.1, 0.15) is 19.3 Å². The van der Waals surface area contributed by atoms with E-state index in [1.807, 2.05) is 0 Å². The maximum Gasteiger partial charge on any atom is 0.192 e. The van der Waals surface area contributed by atoms with Crippen molar-refractivity contribution in [3.8, 4) is 0 Å². The molecule has 1 rings (SSSR count). The van der Waals surface area contributed by atoms with Crippen molar-refractivity contribution in [3.63, 3.8) is 0 Å². The smallest absolute Gasteiger partial charge is 0.192 e. The fraction of sp³-hybridized carbons (Fsp3) is 0.667. The van der Waals surface area contributed by atoms with Gasteiger partial charge < -0.3 is 10.2 Å². The van der Waals surface area contributed by atoms with Crippen LogP contribution in [0.15, 0.2) is 21.6 Å². The summed E-state index contributed by atoms with van der Waals surface area (Å²) < 4.78 is 0. The second-order valence-corrected chi connectivity index (χ2v) is 2.84. The van der Waals surface area contributed by atoms with E-state index in [4.69, 9.17) is 11.1 Å². The second kappa shape index (κ2) is 3.99.